The molecule has 0 aliphatic carbocycles. The van der Waals surface area contributed by atoms with Crippen LogP contribution < -0.4 is 5.32 Å². The third-order valence-electron chi connectivity index (χ3n) is 3.87. The summed E-state index contributed by atoms with van der Waals surface area (Å²) in [5.41, 5.74) is 2.34. The zero-order chi connectivity index (χ0) is 17.6. The minimum absolute atomic E-state index is 0.111. The van der Waals surface area contributed by atoms with Crippen molar-refractivity contribution in [3.05, 3.63) is 83.9 Å². The predicted octanol–water partition coefficient (Wildman–Crippen LogP) is 3.48. The normalized spacial score (nSPS) is 11.9. The Labute approximate surface area is 144 Å². The zero-order valence-corrected chi connectivity index (χ0v) is 13.5. The molecule has 0 spiro atoms. The molecule has 1 heterocycles. The van der Waals surface area contributed by atoms with Crippen molar-refractivity contribution in [2.45, 2.75) is 12.5 Å². The standard InChI is InChI=1S/C20H18FNO3/c21-17-9-3-14(4-10-17)12-20(24)22-13-18(23)15-5-7-16(8-6-15)19-2-1-11-25-19/h1-11,18,23H,12-13H2,(H,22,24). The van der Waals surface area contributed by atoms with Gasteiger partial charge in [0, 0.05) is 12.1 Å². The first-order valence-electron chi connectivity index (χ1n) is 7.95. The third-order valence-corrected chi connectivity index (χ3v) is 3.87. The van der Waals surface area contributed by atoms with E-state index in [1.807, 2.05) is 24.3 Å². The molecular formula is C20H18FNO3. The second-order valence-electron chi connectivity index (χ2n) is 5.72. The Morgan fingerprint density at radius 1 is 1.08 bits per heavy atom. The van der Waals surface area contributed by atoms with E-state index in [1.165, 1.54) is 12.1 Å². The number of amides is 1. The fourth-order valence-electron chi connectivity index (χ4n) is 2.49. The lowest BCUT2D eigenvalue weighted by Gasteiger charge is -2.13. The van der Waals surface area contributed by atoms with Gasteiger partial charge in [0.25, 0.3) is 0 Å². The number of aliphatic hydroxyl groups is 1. The van der Waals surface area contributed by atoms with Crippen molar-refractivity contribution in [2.75, 3.05) is 6.54 Å². The van der Waals surface area contributed by atoms with Crippen LogP contribution in [0.4, 0.5) is 4.39 Å². The molecule has 0 fully saturated rings. The lowest BCUT2D eigenvalue weighted by Crippen LogP contribution is -2.29. The molecule has 0 aliphatic rings. The highest BCUT2D eigenvalue weighted by atomic mass is 19.1. The molecule has 0 aliphatic heterocycles. The van der Waals surface area contributed by atoms with Crippen LogP contribution in [0.2, 0.25) is 0 Å². The van der Waals surface area contributed by atoms with E-state index in [1.54, 1.807) is 30.5 Å². The largest absolute Gasteiger partial charge is 0.464 e. The molecule has 128 valence electrons. The monoisotopic (exact) mass is 339 g/mol. The van der Waals surface area contributed by atoms with E-state index in [0.717, 1.165) is 16.9 Å². The predicted molar refractivity (Wildman–Crippen MR) is 92.2 cm³/mol. The number of aliphatic hydroxyl groups excluding tert-OH is 1. The highest BCUT2D eigenvalue weighted by Gasteiger charge is 2.11. The van der Waals surface area contributed by atoms with E-state index in [9.17, 15) is 14.3 Å². The van der Waals surface area contributed by atoms with Gasteiger partial charge in [-0.2, -0.15) is 0 Å². The minimum atomic E-state index is -0.803. The van der Waals surface area contributed by atoms with E-state index in [0.29, 0.717) is 5.56 Å². The number of rotatable bonds is 6. The summed E-state index contributed by atoms with van der Waals surface area (Å²) >= 11 is 0. The summed E-state index contributed by atoms with van der Waals surface area (Å²) in [5, 5.41) is 12.9. The number of carbonyl (C=O) groups is 1. The molecule has 1 unspecified atom stereocenters. The van der Waals surface area contributed by atoms with Crippen molar-refractivity contribution in [3.63, 3.8) is 0 Å². The molecule has 2 aromatic carbocycles. The van der Waals surface area contributed by atoms with E-state index < -0.39 is 6.10 Å². The van der Waals surface area contributed by atoms with Crippen LogP contribution in [0.3, 0.4) is 0 Å². The first kappa shape index (κ1) is 16.9. The molecule has 1 amide bonds. The molecule has 0 saturated heterocycles. The molecule has 5 heteroatoms. The Kier molecular flexibility index (Phi) is 5.26. The fourth-order valence-corrected chi connectivity index (χ4v) is 2.49. The first-order valence-corrected chi connectivity index (χ1v) is 7.95. The molecule has 1 aromatic heterocycles. The summed E-state index contributed by atoms with van der Waals surface area (Å²) in [7, 11) is 0. The zero-order valence-electron chi connectivity index (χ0n) is 13.5. The molecule has 25 heavy (non-hydrogen) atoms. The van der Waals surface area contributed by atoms with E-state index in [-0.39, 0.29) is 24.7 Å². The molecule has 0 radical (unpaired) electrons. The molecule has 1 atom stereocenters. The van der Waals surface area contributed by atoms with Gasteiger partial charge in [0.1, 0.15) is 11.6 Å². The van der Waals surface area contributed by atoms with Crippen LogP contribution in [0, 0.1) is 5.82 Å². The van der Waals surface area contributed by atoms with Crippen molar-refractivity contribution in [2.24, 2.45) is 0 Å². The maximum atomic E-state index is 12.8. The molecule has 0 bridgehead atoms. The maximum Gasteiger partial charge on any atom is 0.224 e. The Hall–Kier alpha value is -2.92. The molecular weight excluding hydrogens is 321 g/mol. The Morgan fingerprint density at radius 3 is 2.44 bits per heavy atom. The van der Waals surface area contributed by atoms with E-state index in [2.05, 4.69) is 5.32 Å². The second-order valence-corrected chi connectivity index (χ2v) is 5.72. The second kappa shape index (κ2) is 7.77. The van der Waals surface area contributed by atoms with Gasteiger partial charge >= 0.3 is 0 Å². The van der Waals surface area contributed by atoms with Gasteiger partial charge in [-0.25, -0.2) is 4.39 Å². The summed E-state index contributed by atoms with van der Waals surface area (Å²) in [4.78, 5) is 11.9. The van der Waals surface area contributed by atoms with Gasteiger partial charge in [0.05, 0.1) is 18.8 Å². The number of hydrogen-bond acceptors (Lipinski definition) is 3. The number of furan rings is 1. The summed E-state index contributed by atoms with van der Waals surface area (Å²) in [6.45, 7) is 0.111. The van der Waals surface area contributed by atoms with Gasteiger partial charge in [-0.1, -0.05) is 36.4 Å². The van der Waals surface area contributed by atoms with Gasteiger partial charge in [0.2, 0.25) is 5.91 Å². The van der Waals surface area contributed by atoms with Crippen LogP contribution in [0.15, 0.2) is 71.3 Å². The molecule has 3 aromatic rings. The van der Waals surface area contributed by atoms with Crippen LogP contribution >= 0.6 is 0 Å². The van der Waals surface area contributed by atoms with Crippen molar-refractivity contribution in [1.29, 1.82) is 0 Å². The van der Waals surface area contributed by atoms with Gasteiger partial charge in [-0.15, -0.1) is 0 Å². The SMILES string of the molecule is O=C(Cc1ccc(F)cc1)NCC(O)c1ccc(-c2ccco2)cc1. The summed E-state index contributed by atoms with van der Waals surface area (Å²) in [6.07, 6.45) is 0.946. The first-order chi connectivity index (χ1) is 12.1. The number of carbonyl (C=O) groups excluding carboxylic acids is 1. The van der Waals surface area contributed by atoms with Crippen LogP contribution in [-0.4, -0.2) is 17.6 Å². The quantitative estimate of drug-likeness (QED) is 0.723. The van der Waals surface area contributed by atoms with Crippen LogP contribution in [0.1, 0.15) is 17.2 Å². The Morgan fingerprint density at radius 2 is 1.80 bits per heavy atom. The average Bonchev–Trinajstić information content (AvgIpc) is 3.16. The Balaban J connectivity index is 1.52. The van der Waals surface area contributed by atoms with Crippen molar-refractivity contribution >= 4 is 5.91 Å². The summed E-state index contributed by atoms with van der Waals surface area (Å²) < 4.78 is 18.2. The molecule has 0 saturated carbocycles. The summed E-state index contributed by atoms with van der Waals surface area (Å²) in [5.74, 6) is 0.198. The smallest absolute Gasteiger partial charge is 0.224 e. The van der Waals surface area contributed by atoms with Crippen molar-refractivity contribution < 1.29 is 18.7 Å². The molecule has 2 N–H and O–H groups in total. The van der Waals surface area contributed by atoms with Gasteiger partial charge in [-0.05, 0) is 35.4 Å². The molecule has 3 rings (SSSR count). The highest BCUT2D eigenvalue weighted by Crippen LogP contribution is 2.22. The van der Waals surface area contributed by atoms with Crippen LogP contribution in [0.5, 0.6) is 0 Å². The molecule has 4 nitrogen and oxygen atoms in total. The van der Waals surface area contributed by atoms with Gasteiger partial charge in [-0.3, -0.25) is 4.79 Å². The van der Waals surface area contributed by atoms with E-state index in [4.69, 9.17) is 4.42 Å². The number of hydrogen-bond donors (Lipinski definition) is 2. The third kappa shape index (κ3) is 4.55. The van der Waals surface area contributed by atoms with E-state index >= 15 is 0 Å². The number of benzene rings is 2. The highest BCUT2D eigenvalue weighted by molar-refractivity contribution is 5.78. The van der Waals surface area contributed by atoms with Crippen molar-refractivity contribution in [3.8, 4) is 11.3 Å². The van der Waals surface area contributed by atoms with Crippen LogP contribution in [0.25, 0.3) is 11.3 Å². The fraction of sp³-hybridized carbons (Fsp3) is 0.150. The lowest BCUT2D eigenvalue weighted by atomic mass is 10.1. The number of halogens is 1. The lowest BCUT2D eigenvalue weighted by molar-refractivity contribution is -0.120. The topological polar surface area (TPSA) is 62.5 Å². The van der Waals surface area contributed by atoms with Gasteiger partial charge < -0.3 is 14.8 Å². The van der Waals surface area contributed by atoms with Gasteiger partial charge in [0.15, 0.2) is 0 Å². The maximum absolute atomic E-state index is 12.8. The number of nitrogens with one attached hydrogen (secondary N) is 1. The minimum Gasteiger partial charge on any atom is -0.464 e. The average molecular weight is 339 g/mol. The van der Waals surface area contributed by atoms with Crippen LogP contribution in [-0.2, 0) is 11.2 Å². The van der Waals surface area contributed by atoms with Crippen molar-refractivity contribution in [1.82, 2.24) is 5.32 Å². The summed E-state index contributed by atoms with van der Waals surface area (Å²) in [6, 6.07) is 16.8. The Bertz CT molecular complexity index is 811.